The molecular formula is C22H24ClF3N2O6S. The van der Waals surface area contributed by atoms with E-state index in [-0.39, 0.29) is 25.2 Å². The lowest BCUT2D eigenvalue weighted by Gasteiger charge is -2.40. The van der Waals surface area contributed by atoms with E-state index in [1.165, 1.54) is 17.0 Å². The quantitative estimate of drug-likeness (QED) is 0.515. The molecule has 0 bridgehead atoms. The van der Waals surface area contributed by atoms with E-state index in [9.17, 15) is 30.9 Å². The van der Waals surface area contributed by atoms with Crippen LogP contribution in [-0.2, 0) is 20.6 Å². The number of carbonyl (C=O) groups is 1. The van der Waals surface area contributed by atoms with E-state index in [1.807, 2.05) is 0 Å². The SMILES string of the molecule is CC(C)(C)OC(=O)N1CCC(c2ccc(Cl)cc2)(N(c2ccc(OC(F)(F)F)cc2)S(=O)(=O)O)C1. The fraction of sp³-hybridized carbons (Fsp3) is 0.409. The molecule has 1 amide bonds. The summed E-state index contributed by atoms with van der Waals surface area (Å²) in [6.45, 7) is 4.93. The Morgan fingerprint density at radius 1 is 1.09 bits per heavy atom. The Hall–Kier alpha value is -2.70. The van der Waals surface area contributed by atoms with Gasteiger partial charge in [-0.25, -0.2) is 9.10 Å². The van der Waals surface area contributed by atoms with Gasteiger partial charge in [0.15, 0.2) is 0 Å². The van der Waals surface area contributed by atoms with E-state index in [4.69, 9.17) is 16.3 Å². The first-order valence-electron chi connectivity index (χ1n) is 10.4. The van der Waals surface area contributed by atoms with E-state index >= 15 is 0 Å². The summed E-state index contributed by atoms with van der Waals surface area (Å²) < 4.78 is 83.3. The maximum absolute atomic E-state index is 12.7. The van der Waals surface area contributed by atoms with Crippen molar-refractivity contribution in [3.05, 3.63) is 59.1 Å². The first-order valence-corrected chi connectivity index (χ1v) is 12.2. The second kappa shape index (κ2) is 9.40. The summed E-state index contributed by atoms with van der Waals surface area (Å²) in [5.74, 6) is -0.570. The first kappa shape index (κ1) is 26.9. The van der Waals surface area contributed by atoms with Crippen LogP contribution >= 0.6 is 11.6 Å². The zero-order valence-electron chi connectivity index (χ0n) is 19.0. The highest BCUT2D eigenvalue weighted by atomic mass is 35.5. The van der Waals surface area contributed by atoms with Gasteiger partial charge in [0.05, 0.1) is 12.2 Å². The Morgan fingerprint density at radius 3 is 2.14 bits per heavy atom. The predicted molar refractivity (Wildman–Crippen MR) is 123 cm³/mol. The number of anilines is 1. The fourth-order valence-corrected chi connectivity index (χ4v) is 5.15. The van der Waals surface area contributed by atoms with E-state index in [2.05, 4.69) is 4.74 Å². The van der Waals surface area contributed by atoms with Crippen LogP contribution in [-0.4, -0.2) is 49.0 Å². The lowest BCUT2D eigenvalue weighted by atomic mass is 9.88. The van der Waals surface area contributed by atoms with Crippen molar-refractivity contribution in [1.29, 1.82) is 0 Å². The Labute approximate surface area is 206 Å². The van der Waals surface area contributed by atoms with Crippen LogP contribution in [0.4, 0.5) is 23.7 Å². The topological polar surface area (TPSA) is 96.4 Å². The molecule has 35 heavy (non-hydrogen) atoms. The second-order valence-electron chi connectivity index (χ2n) is 8.97. The van der Waals surface area contributed by atoms with Gasteiger partial charge in [0.25, 0.3) is 0 Å². The molecule has 2 aromatic carbocycles. The molecule has 1 aliphatic heterocycles. The number of rotatable bonds is 5. The zero-order valence-corrected chi connectivity index (χ0v) is 20.6. The lowest BCUT2D eigenvalue weighted by molar-refractivity contribution is -0.274. The number of carbonyl (C=O) groups excluding carboxylic acids is 1. The van der Waals surface area contributed by atoms with Crippen LogP contribution < -0.4 is 9.04 Å². The Kier molecular flexibility index (Phi) is 7.22. The molecule has 0 radical (unpaired) electrons. The van der Waals surface area contributed by atoms with Crippen molar-refractivity contribution in [3.8, 4) is 5.75 Å². The number of ether oxygens (including phenoxy) is 2. The molecule has 1 N–H and O–H groups in total. The number of halogens is 4. The molecule has 0 aromatic heterocycles. The number of nitrogens with zero attached hydrogens (tertiary/aromatic N) is 2. The number of benzene rings is 2. The summed E-state index contributed by atoms with van der Waals surface area (Å²) in [6.07, 6.45) is -5.57. The van der Waals surface area contributed by atoms with Crippen molar-refractivity contribution in [2.75, 3.05) is 17.4 Å². The van der Waals surface area contributed by atoms with Gasteiger partial charge in [-0.05, 0) is 69.2 Å². The van der Waals surface area contributed by atoms with Crippen molar-refractivity contribution in [2.24, 2.45) is 0 Å². The molecule has 0 saturated carbocycles. The molecule has 1 fully saturated rings. The Bertz CT molecular complexity index is 1170. The van der Waals surface area contributed by atoms with Crippen molar-refractivity contribution in [2.45, 2.75) is 44.7 Å². The third-order valence-corrected chi connectivity index (χ3v) is 6.48. The van der Waals surface area contributed by atoms with Crippen LogP contribution in [0.3, 0.4) is 0 Å². The van der Waals surface area contributed by atoms with Crippen molar-refractivity contribution in [1.82, 2.24) is 4.90 Å². The number of hydrogen-bond donors (Lipinski definition) is 1. The van der Waals surface area contributed by atoms with Crippen molar-refractivity contribution in [3.63, 3.8) is 0 Å². The minimum atomic E-state index is -4.99. The van der Waals surface area contributed by atoms with Crippen LogP contribution in [0.25, 0.3) is 0 Å². The lowest BCUT2D eigenvalue weighted by Crippen LogP contribution is -2.52. The van der Waals surface area contributed by atoms with Gasteiger partial charge in [-0.1, -0.05) is 23.7 Å². The highest BCUT2D eigenvalue weighted by Gasteiger charge is 2.51. The van der Waals surface area contributed by atoms with Gasteiger partial charge in [-0.3, -0.25) is 4.55 Å². The fourth-order valence-electron chi connectivity index (χ4n) is 3.94. The summed E-state index contributed by atoms with van der Waals surface area (Å²) in [5.41, 5.74) is -2.05. The Morgan fingerprint density at radius 2 is 1.66 bits per heavy atom. The summed E-state index contributed by atoms with van der Waals surface area (Å²) in [4.78, 5) is 14.1. The maximum atomic E-state index is 12.7. The molecule has 0 aliphatic carbocycles. The van der Waals surface area contributed by atoms with Gasteiger partial charge in [-0.2, -0.15) is 8.42 Å². The highest BCUT2D eigenvalue weighted by Crippen LogP contribution is 2.43. The summed E-state index contributed by atoms with van der Waals surface area (Å²) in [6, 6.07) is 10.2. The van der Waals surface area contributed by atoms with Crippen LogP contribution in [0.5, 0.6) is 5.75 Å². The highest BCUT2D eigenvalue weighted by molar-refractivity contribution is 7.87. The van der Waals surface area contributed by atoms with Crippen LogP contribution in [0.15, 0.2) is 48.5 Å². The minimum Gasteiger partial charge on any atom is -0.444 e. The molecule has 192 valence electrons. The van der Waals surface area contributed by atoms with Gasteiger partial charge in [0.1, 0.15) is 16.9 Å². The average Bonchev–Trinajstić information content (AvgIpc) is 3.12. The Balaban J connectivity index is 2.10. The van der Waals surface area contributed by atoms with Crippen LogP contribution in [0.2, 0.25) is 5.02 Å². The minimum absolute atomic E-state index is 0.0501. The molecule has 1 heterocycles. The number of alkyl halides is 3. The van der Waals surface area contributed by atoms with E-state index in [0.717, 1.165) is 24.3 Å². The third-order valence-electron chi connectivity index (χ3n) is 5.21. The molecule has 1 aliphatic rings. The zero-order chi connectivity index (χ0) is 26.2. The van der Waals surface area contributed by atoms with Crippen molar-refractivity contribution >= 4 is 33.7 Å². The van der Waals surface area contributed by atoms with Crippen LogP contribution in [0.1, 0.15) is 32.8 Å². The van der Waals surface area contributed by atoms with Crippen molar-refractivity contribution < 1.29 is 40.4 Å². The molecule has 1 unspecified atom stereocenters. The number of amides is 1. The normalized spacial score (nSPS) is 18.9. The molecule has 0 spiro atoms. The molecule has 1 atom stereocenters. The number of likely N-dealkylation sites (tertiary alicyclic amines) is 1. The predicted octanol–water partition coefficient (Wildman–Crippen LogP) is 5.38. The summed E-state index contributed by atoms with van der Waals surface area (Å²) >= 11 is 6.00. The monoisotopic (exact) mass is 536 g/mol. The van der Waals surface area contributed by atoms with E-state index in [1.54, 1.807) is 32.9 Å². The van der Waals surface area contributed by atoms with Gasteiger partial charge < -0.3 is 14.4 Å². The standard InChI is InChI=1S/C22H24ClF3N2O6S/c1-20(2,3)34-19(29)27-13-12-21(14-27,15-4-6-16(23)7-5-15)28(35(30,31)32)17-8-10-18(11-9-17)33-22(24,25)26/h4-11H,12-14H2,1-3H3,(H,30,31,32). The second-order valence-corrected chi connectivity index (χ2v) is 10.7. The summed E-state index contributed by atoms with van der Waals surface area (Å²) in [7, 11) is -4.99. The van der Waals surface area contributed by atoms with E-state index in [0.29, 0.717) is 14.9 Å². The van der Waals surface area contributed by atoms with Gasteiger partial charge >= 0.3 is 22.8 Å². The average molecular weight is 537 g/mol. The van der Waals surface area contributed by atoms with Gasteiger partial charge in [-0.15, -0.1) is 13.2 Å². The molecular weight excluding hydrogens is 513 g/mol. The smallest absolute Gasteiger partial charge is 0.444 e. The molecule has 13 heteroatoms. The summed E-state index contributed by atoms with van der Waals surface area (Å²) in [5, 5.41) is 0.373. The van der Waals surface area contributed by atoms with Gasteiger partial charge in [0.2, 0.25) is 0 Å². The van der Waals surface area contributed by atoms with E-state index < -0.39 is 39.6 Å². The van der Waals surface area contributed by atoms with Gasteiger partial charge in [0, 0.05) is 11.6 Å². The molecule has 1 saturated heterocycles. The van der Waals surface area contributed by atoms with Crippen LogP contribution in [0, 0.1) is 0 Å². The third kappa shape index (κ3) is 6.50. The number of hydrogen-bond acceptors (Lipinski definition) is 5. The largest absolute Gasteiger partial charge is 0.573 e. The molecule has 3 rings (SSSR count). The molecule has 2 aromatic rings. The first-order chi connectivity index (χ1) is 16.0. The maximum Gasteiger partial charge on any atom is 0.573 e. The molecule has 8 nitrogen and oxygen atoms in total.